The van der Waals surface area contributed by atoms with Gasteiger partial charge in [0.1, 0.15) is 11.5 Å². The summed E-state index contributed by atoms with van der Waals surface area (Å²) in [7, 11) is 1.36. The summed E-state index contributed by atoms with van der Waals surface area (Å²) in [5.41, 5.74) is 0.825. The minimum absolute atomic E-state index is 0.125. The van der Waals surface area contributed by atoms with Gasteiger partial charge in [0, 0.05) is 24.1 Å². The van der Waals surface area contributed by atoms with E-state index in [1.807, 2.05) is 0 Å². The Kier molecular flexibility index (Phi) is 7.02. The third kappa shape index (κ3) is 5.08. The molecule has 0 spiro atoms. The van der Waals surface area contributed by atoms with E-state index in [4.69, 9.17) is 16.7 Å². The quantitative estimate of drug-likeness (QED) is 0.546. The molecule has 3 rings (SSSR count). The van der Waals surface area contributed by atoms with Crippen LogP contribution in [-0.2, 0) is 20.1 Å². The number of rotatable bonds is 7. The predicted octanol–water partition coefficient (Wildman–Crippen LogP) is 4.72. The number of alkyl halides is 2. The molecular formula is C22H21ClF3N3O2. The second-order valence-electron chi connectivity index (χ2n) is 7.14. The molecule has 2 aromatic carbocycles. The molecule has 1 aromatic heterocycles. The molecule has 2 N–H and O–H groups in total. The van der Waals surface area contributed by atoms with Crippen molar-refractivity contribution in [3.8, 4) is 0 Å². The van der Waals surface area contributed by atoms with E-state index in [9.17, 15) is 18.0 Å². The summed E-state index contributed by atoms with van der Waals surface area (Å²) >= 11 is 5.89. The van der Waals surface area contributed by atoms with E-state index in [-0.39, 0.29) is 23.2 Å². The number of carbonyl (C=O) groups is 1. The van der Waals surface area contributed by atoms with Crippen molar-refractivity contribution in [3.05, 3.63) is 86.9 Å². The summed E-state index contributed by atoms with van der Waals surface area (Å²) in [6.45, 7) is 1.16. The second kappa shape index (κ2) is 9.53. The topological polar surface area (TPSA) is 67.2 Å². The molecule has 1 heterocycles. The van der Waals surface area contributed by atoms with Crippen molar-refractivity contribution < 1.29 is 23.1 Å². The molecular weight excluding hydrogens is 431 g/mol. The van der Waals surface area contributed by atoms with E-state index in [0.29, 0.717) is 10.6 Å². The summed E-state index contributed by atoms with van der Waals surface area (Å²) in [5.74, 6) is -1.34. The first-order valence-corrected chi connectivity index (χ1v) is 9.87. The normalized spacial score (nSPS) is 12.3. The van der Waals surface area contributed by atoms with Gasteiger partial charge in [0.15, 0.2) is 0 Å². The van der Waals surface area contributed by atoms with Crippen LogP contribution >= 0.6 is 11.6 Å². The molecule has 1 atom stereocenters. The van der Waals surface area contributed by atoms with Gasteiger partial charge in [0.05, 0.1) is 23.9 Å². The summed E-state index contributed by atoms with van der Waals surface area (Å²) in [4.78, 5) is 13.0. The van der Waals surface area contributed by atoms with E-state index in [1.54, 1.807) is 37.3 Å². The zero-order valence-electron chi connectivity index (χ0n) is 16.9. The van der Waals surface area contributed by atoms with Crippen LogP contribution in [0.25, 0.3) is 0 Å². The van der Waals surface area contributed by atoms with E-state index >= 15 is 0 Å². The van der Waals surface area contributed by atoms with E-state index in [1.165, 1.54) is 19.2 Å². The van der Waals surface area contributed by atoms with Gasteiger partial charge in [0.2, 0.25) is 0 Å². The highest BCUT2D eigenvalue weighted by Gasteiger charge is 2.29. The van der Waals surface area contributed by atoms with E-state index < -0.39 is 36.5 Å². The second-order valence-corrected chi connectivity index (χ2v) is 7.58. The third-order valence-corrected chi connectivity index (χ3v) is 5.23. The summed E-state index contributed by atoms with van der Waals surface area (Å²) in [6, 6.07) is 10.3. The van der Waals surface area contributed by atoms with E-state index in [2.05, 4.69) is 10.4 Å². The molecule has 5 nitrogen and oxygen atoms in total. The lowest BCUT2D eigenvalue weighted by atomic mass is 10.0. The van der Waals surface area contributed by atoms with Crippen LogP contribution in [0.15, 0.2) is 42.5 Å². The third-order valence-electron chi connectivity index (χ3n) is 4.98. The number of aromatic nitrogens is 2. The molecule has 0 aliphatic carbocycles. The maximum atomic E-state index is 14.0. The predicted molar refractivity (Wildman–Crippen MR) is 111 cm³/mol. The van der Waals surface area contributed by atoms with Crippen LogP contribution in [-0.4, -0.2) is 20.8 Å². The van der Waals surface area contributed by atoms with Gasteiger partial charge in [-0.15, -0.1) is 0 Å². The molecule has 1 amide bonds. The number of amides is 1. The lowest BCUT2D eigenvalue weighted by Crippen LogP contribution is -2.28. The lowest BCUT2D eigenvalue weighted by Gasteiger charge is -2.16. The fraction of sp³-hybridized carbons (Fsp3) is 0.273. The van der Waals surface area contributed by atoms with E-state index in [0.717, 1.165) is 10.2 Å². The van der Waals surface area contributed by atoms with Crippen LogP contribution in [0.2, 0.25) is 5.02 Å². The zero-order valence-corrected chi connectivity index (χ0v) is 17.6. The standard InChI is InChI=1S/C22H21ClF3N3O2/c1-12(14-5-6-15(11-30)17(24)10-14)27-22(31)19-18(28-29(2)20(19)21(25)26)9-13-3-7-16(23)8-4-13/h3-8,10,12,21,30H,9,11H2,1-2H3,(H,27,31). The van der Waals surface area contributed by atoms with Crippen LogP contribution in [0.3, 0.4) is 0 Å². The average Bonchev–Trinajstić information content (AvgIpc) is 3.05. The number of aliphatic hydroxyl groups is 1. The van der Waals surface area contributed by atoms with Gasteiger partial charge in [-0.25, -0.2) is 13.2 Å². The number of carbonyl (C=O) groups excluding carboxylic acids is 1. The highest BCUT2D eigenvalue weighted by atomic mass is 35.5. The smallest absolute Gasteiger partial charge is 0.280 e. The number of benzene rings is 2. The Hall–Kier alpha value is -2.84. The highest BCUT2D eigenvalue weighted by molar-refractivity contribution is 6.30. The number of aryl methyl sites for hydroxylation is 1. The first kappa shape index (κ1) is 22.8. The number of hydrogen-bond donors (Lipinski definition) is 2. The van der Waals surface area contributed by atoms with Crippen molar-refractivity contribution in [1.29, 1.82) is 0 Å². The molecule has 31 heavy (non-hydrogen) atoms. The Morgan fingerprint density at radius 3 is 2.48 bits per heavy atom. The number of nitrogens with one attached hydrogen (secondary N) is 1. The Morgan fingerprint density at radius 2 is 1.90 bits per heavy atom. The van der Waals surface area contributed by atoms with Crippen molar-refractivity contribution in [3.63, 3.8) is 0 Å². The average molecular weight is 452 g/mol. The maximum Gasteiger partial charge on any atom is 0.280 e. The van der Waals surface area contributed by atoms with Crippen LogP contribution in [0.4, 0.5) is 13.2 Å². The molecule has 0 aliphatic heterocycles. The van der Waals surface area contributed by atoms with Crippen LogP contribution < -0.4 is 5.32 Å². The SMILES string of the molecule is CC(NC(=O)c1c(Cc2ccc(Cl)cc2)nn(C)c1C(F)F)c1ccc(CO)c(F)c1. The Balaban J connectivity index is 1.91. The first-order chi connectivity index (χ1) is 14.7. The van der Waals surface area contributed by atoms with Gasteiger partial charge in [-0.3, -0.25) is 9.48 Å². The van der Waals surface area contributed by atoms with Crippen molar-refractivity contribution in [2.45, 2.75) is 32.4 Å². The molecule has 0 bridgehead atoms. The summed E-state index contributed by atoms with van der Waals surface area (Å²) in [5, 5.41) is 16.4. The molecule has 3 aromatic rings. The summed E-state index contributed by atoms with van der Waals surface area (Å²) < 4.78 is 42.4. The fourth-order valence-corrected chi connectivity index (χ4v) is 3.45. The number of nitrogens with zero attached hydrogens (tertiary/aromatic N) is 2. The van der Waals surface area contributed by atoms with Gasteiger partial charge < -0.3 is 10.4 Å². The van der Waals surface area contributed by atoms with Crippen LogP contribution in [0.5, 0.6) is 0 Å². The minimum Gasteiger partial charge on any atom is -0.392 e. The molecule has 1 unspecified atom stereocenters. The highest BCUT2D eigenvalue weighted by Crippen LogP contribution is 2.28. The van der Waals surface area contributed by atoms with Gasteiger partial charge >= 0.3 is 0 Å². The maximum absolute atomic E-state index is 14.0. The molecule has 0 saturated carbocycles. The fourth-order valence-electron chi connectivity index (χ4n) is 3.32. The van der Waals surface area contributed by atoms with Crippen LogP contribution in [0.1, 0.15) is 57.8 Å². The minimum atomic E-state index is -2.91. The lowest BCUT2D eigenvalue weighted by molar-refractivity contribution is 0.0922. The van der Waals surface area contributed by atoms with Gasteiger partial charge in [-0.2, -0.15) is 5.10 Å². The number of hydrogen-bond acceptors (Lipinski definition) is 3. The number of halogens is 4. The number of aliphatic hydroxyl groups excluding tert-OH is 1. The monoisotopic (exact) mass is 451 g/mol. The van der Waals surface area contributed by atoms with Crippen molar-refractivity contribution in [2.24, 2.45) is 7.05 Å². The Bertz CT molecular complexity index is 1080. The van der Waals surface area contributed by atoms with Crippen molar-refractivity contribution in [2.75, 3.05) is 0 Å². The molecule has 0 saturated heterocycles. The largest absolute Gasteiger partial charge is 0.392 e. The Labute approximate surface area is 182 Å². The molecule has 164 valence electrons. The molecule has 9 heteroatoms. The van der Waals surface area contributed by atoms with Gasteiger partial charge in [0.25, 0.3) is 12.3 Å². The Morgan fingerprint density at radius 1 is 1.23 bits per heavy atom. The molecule has 0 radical (unpaired) electrons. The zero-order chi connectivity index (χ0) is 22.7. The summed E-state index contributed by atoms with van der Waals surface area (Å²) in [6.07, 6.45) is -2.75. The van der Waals surface area contributed by atoms with Gasteiger partial charge in [-0.1, -0.05) is 35.9 Å². The molecule has 0 aliphatic rings. The van der Waals surface area contributed by atoms with Crippen molar-refractivity contribution >= 4 is 17.5 Å². The van der Waals surface area contributed by atoms with Crippen LogP contribution in [0, 0.1) is 5.82 Å². The van der Waals surface area contributed by atoms with Crippen molar-refractivity contribution in [1.82, 2.24) is 15.1 Å². The molecule has 0 fully saturated rings. The van der Waals surface area contributed by atoms with Gasteiger partial charge in [-0.05, 0) is 36.2 Å². The first-order valence-electron chi connectivity index (χ1n) is 9.49.